The average molecular weight is 248 g/mol. The summed E-state index contributed by atoms with van der Waals surface area (Å²) in [6.45, 7) is 3.17. The molecule has 2 heterocycles. The van der Waals surface area contributed by atoms with Gasteiger partial charge in [0.25, 0.3) is 5.78 Å². The lowest BCUT2D eigenvalue weighted by Gasteiger charge is -2.05. The number of rotatable bonds is 5. The maximum atomic E-state index is 11.1. The first-order valence-electron chi connectivity index (χ1n) is 5.95. The first kappa shape index (κ1) is 12.3. The molecule has 2 aromatic heterocycles. The number of fused-ring (bicyclic) bond motifs is 1. The highest BCUT2D eigenvalue weighted by Gasteiger charge is 2.00. The van der Waals surface area contributed by atoms with Crippen molar-refractivity contribution < 1.29 is 4.79 Å². The van der Waals surface area contributed by atoms with Crippen LogP contribution in [0.15, 0.2) is 18.7 Å². The van der Waals surface area contributed by atoms with Gasteiger partial charge in [-0.2, -0.15) is 10.1 Å². The number of nitrogens with zero attached hydrogens (tertiary/aromatic N) is 4. The van der Waals surface area contributed by atoms with Gasteiger partial charge >= 0.3 is 6.03 Å². The molecule has 0 saturated carbocycles. The van der Waals surface area contributed by atoms with E-state index < -0.39 is 0 Å². The number of aryl methyl sites for hydroxylation is 1. The van der Waals surface area contributed by atoms with E-state index in [2.05, 4.69) is 25.7 Å². The molecular formula is C11H16N6O. The molecule has 0 spiro atoms. The second-order valence-corrected chi connectivity index (χ2v) is 3.86. The third kappa shape index (κ3) is 3.16. The van der Waals surface area contributed by atoms with E-state index in [1.807, 2.05) is 13.1 Å². The highest BCUT2D eigenvalue weighted by molar-refractivity contribution is 5.73. The molecule has 2 rings (SSSR count). The van der Waals surface area contributed by atoms with Crippen LogP contribution in [0.1, 0.15) is 18.9 Å². The summed E-state index contributed by atoms with van der Waals surface area (Å²) in [6, 6.07) is -0.123. The van der Waals surface area contributed by atoms with Crippen molar-refractivity contribution in [2.75, 3.05) is 13.1 Å². The fourth-order valence-electron chi connectivity index (χ4n) is 1.61. The van der Waals surface area contributed by atoms with Crippen LogP contribution in [-0.2, 0) is 6.42 Å². The smallest absolute Gasteiger partial charge is 0.314 e. The average Bonchev–Trinajstić information content (AvgIpc) is 2.82. The van der Waals surface area contributed by atoms with E-state index in [0.717, 1.165) is 18.4 Å². The third-order valence-electron chi connectivity index (χ3n) is 2.45. The molecule has 7 nitrogen and oxygen atoms in total. The van der Waals surface area contributed by atoms with Crippen LogP contribution in [0.2, 0.25) is 0 Å². The molecular weight excluding hydrogens is 232 g/mol. The SMILES string of the molecule is CCNC(=O)NCCCc1cnc2ncnn2c1. The number of carbonyl (C=O) groups is 1. The van der Waals surface area contributed by atoms with Gasteiger partial charge in [-0.25, -0.2) is 14.3 Å². The molecule has 0 radical (unpaired) electrons. The van der Waals surface area contributed by atoms with Crippen molar-refractivity contribution in [1.82, 2.24) is 30.2 Å². The maximum Gasteiger partial charge on any atom is 0.314 e. The zero-order valence-corrected chi connectivity index (χ0v) is 10.3. The predicted octanol–water partition coefficient (Wildman–Crippen LogP) is 0.376. The predicted molar refractivity (Wildman–Crippen MR) is 66.2 cm³/mol. The summed E-state index contributed by atoms with van der Waals surface area (Å²) < 4.78 is 1.65. The Morgan fingerprint density at radius 2 is 2.28 bits per heavy atom. The largest absolute Gasteiger partial charge is 0.338 e. The van der Waals surface area contributed by atoms with Gasteiger partial charge in [-0.3, -0.25) is 0 Å². The van der Waals surface area contributed by atoms with Crippen LogP contribution in [0, 0.1) is 0 Å². The summed E-state index contributed by atoms with van der Waals surface area (Å²) in [7, 11) is 0. The van der Waals surface area contributed by atoms with Crippen molar-refractivity contribution in [2.24, 2.45) is 0 Å². The van der Waals surface area contributed by atoms with Gasteiger partial charge in [-0.15, -0.1) is 0 Å². The Hall–Kier alpha value is -2.18. The molecule has 0 aromatic carbocycles. The van der Waals surface area contributed by atoms with Crippen molar-refractivity contribution in [3.8, 4) is 0 Å². The van der Waals surface area contributed by atoms with E-state index >= 15 is 0 Å². The zero-order chi connectivity index (χ0) is 12.8. The van der Waals surface area contributed by atoms with E-state index in [0.29, 0.717) is 18.9 Å². The lowest BCUT2D eigenvalue weighted by molar-refractivity contribution is 0.241. The number of hydrogen-bond donors (Lipinski definition) is 2. The van der Waals surface area contributed by atoms with Gasteiger partial charge in [0.15, 0.2) is 0 Å². The van der Waals surface area contributed by atoms with Crippen molar-refractivity contribution in [3.05, 3.63) is 24.3 Å². The van der Waals surface area contributed by atoms with Gasteiger partial charge in [-0.1, -0.05) is 0 Å². The summed E-state index contributed by atoms with van der Waals surface area (Å²) >= 11 is 0. The van der Waals surface area contributed by atoms with Crippen molar-refractivity contribution in [3.63, 3.8) is 0 Å². The van der Waals surface area contributed by atoms with Crippen LogP contribution in [0.3, 0.4) is 0 Å². The topological polar surface area (TPSA) is 84.2 Å². The quantitative estimate of drug-likeness (QED) is 0.749. The molecule has 0 saturated heterocycles. The highest BCUT2D eigenvalue weighted by Crippen LogP contribution is 2.02. The second-order valence-electron chi connectivity index (χ2n) is 3.86. The summed E-state index contributed by atoms with van der Waals surface area (Å²) in [4.78, 5) is 19.3. The molecule has 0 fully saturated rings. The fraction of sp³-hybridized carbons (Fsp3) is 0.455. The lowest BCUT2D eigenvalue weighted by atomic mass is 10.2. The van der Waals surface area contributed by atoms with Crippen LogP contribution in [0.5, 0.6) is 0 Å². The molecule has 0 aliphatic heterocycles. The van der Waals surface area contributed by atoms with Crippen molar-refractivity contribution in [2.45, 2.75) is 19.8 Å². The van der Waals surface area contributed by atoms with Gasteiger partial charge in [0.05, 0.1) is 0 Å². The van der Waals surface area contributed by atoms with Gasteiger partial charge in [0.2, 0.25) is 0 Å². The minimum atomic E-state index is -0.123. The number of aromatic nitrogens is 4. The monoisotopic (exact) mass is 248 g/mol. The van der Waals surface area contributed by atoms with Crippen molar-refractivity contribution in [1.29, 1.82) is 0 Å². The molecule has 0 bridgehead atoms. The van der Waals surface area contributed by atoms with E-state index in [4.69, 9.17) is 0 Å². The summed E-state index contributed by atoms with van der Waals surface area (Å²) in [5.74, 6) is 0.596. The molecule has 0 unspecified atom stereocenters. The van der Waals surface area contributed by atoms with E-state index in [1.54, 1.807) is 10.7 Å². The minimum Gasteiger partial charge on any atom is -0.338 e. The van der Waals surface area contributed by atoms with Gasteiger partial charge in [0, 0.05) is 25.5 Å². The molecule has 2 amide bonds. The van der Waals surface area contributed by atoms with Crippen LogP contribution < -0.4 is 10.6 Å². The van der Waals surface area contributed by atoms with Gasteiger partial charge < -0.3 is 10.6 Å². The Morgan fingerprint density at radius 3 is 3.11 bits per heavy atom. The zero-order valence-electron chi connectivity index (χ0n) is 10.3. The lowest BCUT2D eigenvalue weighted by Crippen LogP contribution is -2.35. The van der Waals surface area contributed by atoms with Crippen LogP contribution in [0.4, 0.5) is 4.79 Å². The molecule has 2 aromatic rings. The van der Waals surface area contributed by atoms with E-state index in [1.165, 1.54) is 6.33 Å². The van der Waals surface area contributed by atoms with Crippen LogP contribution in [-0.4, -0.2) is 38.7 Å². The molecule has 0 aliphatic rings. The minimum absolute atomic E-state index is 0.123. The van der Waals surface area contributed by atoms with E-state index in [9.17, 15) is 4.79 Å². The highest BCUT2D eigenvalue weighted by atomic mass is 16.2. The number of nitrogens with one attached hydrogen (secondary N) is 2. The summed E-state index contributed by atoms with van der Waals surface area (Å²) in [6.07, 6.45) is 6.87. The number of carbonyl (C=O) groups excluding carboxylic acids is 1. The number of amides is 2. The molecule has 0 atom stereocenters. The molecule has 2 N–H and O–H groups in total. The van der Waals surface area contributed by atoms with Crippen LogP contribution in [0.25, 0.3) is 5.78 Å². The maximum absolute atomic E-state index is 11.1. The van der Waals surface area contributed by atoms with Gasteiger partial charge in [0.1, 0.15) is 6.33 Å². The molecule has 96 valence electrons. The first-order chi connectivity index (χ1) is 8.79. The first-order valence-corrected chi connectivity index (χ1v) is 5.95. The normalized spacial score (nSPS) is 10.5. The van der Waals surface area contributed by atoms with Crippen molar-refractivity contribution >= 4 is 11.8 Å². The summed E-state index contributed by atoms with van der Waals surface area (Å²) in [5, 5.41) is 9.48. The Kier molecular flexibility index (Phi) is 4.06. The number of urea groups is 1. The molecule has 0 aliphatic carbocycles. The van der Waals surface area contributed by atoms with Crippen LogP contribution >= 0.6 is 0 Å². The second kappa shape index (κ2) is 5.95. The van der Waals surface area contributed by atoms with Gasteiger partial charge in [-0.05, 0) is 25.3 Å². The Bertz CT molecular complexity index is 523. The number of hydrogen-bond acceptors (Lipinski definition) is 4. The Morgan fingerprint density at radius 1 is 1.39 bits per heavy atom. The fourth-order valence-corrected chi connectivity index (χ4v) is 1.61. The Balaban J connectivity index is 1.77. The van der Waals surface area contributed by atoms with E-state index in [-0.39, 0.29) is 6.03 Å². The standard InChI is InChI=1S/C11H16N6O/c1-2-12-11(18)13-5-3-4-9-6-14-10-15-8-16-17(10)7-9/h6-8H,2-5H2,1H3,(H2,12,13,18). The third-order valence-corrected chi connectivity index (χ3v) is 2.45. The summed E-state index contributed by atoms with van der Waals surface area (Å²) in [5.41, 5.74) is 1.07. The molecule has 18 heavy (non-hydrogen) atoms. The molecule has 7 heteroatoms. The Labute approximate surface area is 105 Å².